The maximum absolute atomic E-state index is 12.6. The van der Waals surface area contributed by atoms with Gasteiger partial charge in [-0.25, -0.2) is 0 Å². The Kier molecular flexibility index (Phi) is 6.34. The first-order valence-electron chi connectivity index (χ1n) is 10.6. The van der Waals surface area contributed by atoms with Gasteiger partial charge in [-0.2, -0.15) is 9.78 Å². The first-order valence-corrected chi connectivity index (χ1v) is 10.6. The summed E-state index contributed by atoms with van der Waals surface area (Å²) in [6.07, 6.45) is 0.896. The van der Waals surface area contributed by atoms with Crippen LogP contribution in [-0.2, 0) is 11.3 Å². The fraction of sp³-hybridized carbons (Fsp3) is 0.304. The standard InChI is InChI=1S/C23H25N7O2/c1-15(2)21-25-23(32-28-21)18-12-7-9-16(3)20(18)24-19(31)13-8-14-30-27-22(26-29-30)17-10-5-4-6-11-17/h4-7,9-12,15H,8,13-14H2,1-3H3,(H,24,31). The van der Waals surface area contributed by atoms with Gasteiger partial charge in [0.2, 0.25) is 11.7 Å². The fourth-order valence-corrected chi connectivity index (χ4v) is 3.21. The van der Waals surface area contributed by atoms with E-state index in [9.17, 15) is 4.79 Å². The Hall–Kier alpha value is -3.88. The van der Waals surface area contributed by atoms with Gasteiger partial charge in [-0.15, -0.1) is 10.2 Å². The number of nitrogens with one attached hydrogen (secondary N) is 1. The Balaban J connectivity index is 1.38. The van der Waals surface area contributed by atoms with Crippen molar-refractivity contribution in [2.24, 2.45) is 0 Å². The molecule has 0 spiro atoms. The molecule has 9 heteroatoms. The topological polar surface area (TPSA) is 112 Å². The summed E-state index contributed by atoms with van der Waals surface area (Å²) in [7, 11) is 0. The Morgan fingerprint density at radius 2 is 1.94 bits per heavy atom. The van der Waals surface area contributed by atoms with E-state index in [1.807, 2.05) is 69.3 Å². The number of hydrogen-bond acceptors (Lipinski definition) is 7. The number of nitrogens with zero attached hydrogens (tertiary/aromatic N) is 6. The maximum atomic E-state index is 12.6. The molecule has 32 heavy (non-hydrogen) atoms. The number of anilines is 1. The highest BCUT2D eigenvalue weighted by Gasteiger charge is 2.17. The zero-order chi connectivity index (χ0) is 22.5. The molecule has 0 saturated heterocycles. The third kappa shape index (κ3) is 4.88. The minimum absolute atomic E-state index is 0.104. The van der Waals surface area contributed by atoms with Gasteiger partial charge in [0.1, 0.15) is 0 Å². The molecule has 4 rings (SSSR count). The molecule has 0 aliphatic carbocycles. The van der Waals surface area contributed by atoms with Gasteiger partial charge < -0.3 is 9.84 Å². The smallest absolute Gasteiger partial charge is 0.260 e. The van der Waals surface area contributed by atoms with E-state index in [2.05, 4.69) is 30.9 Å². The van der Waals surface area contributed by atoms with E-state index in [0.717, 1.165) is 11.1 Å². The van der Waals surface area contributed by atoms with Crippen molar-refractivity contribution in [3.63, 3.8) is 0 Å². The second kappa shape index (κ2) is 9.51. The maximum Gasteiger partial charge on any atom is 0.260 e. The number of tetrazole rings is 1. The van der Waals surface area contributed by atoms with E-state index in [-0.39, 0.29) is 11.8 Å². The van der Waals surface area contributed by atoms with Gasteiger partial charge in [0, 0.05) is 17.9 Å². The molecule has 2 aromatic heterocycles. The number of amides is 1. The third-order valence-electron chi connectivity index (χ3n) is 4.97. The van der Waals surface area contributed by atoms with E-state index in [1.165, 1.54) is 4.80 Å². The van der Waals surface area contributed by atoms with Crippen molar-refractivity contribution < 1.29 is 9.32 Å². The van der Waals surface area contributed by atoms with Crippen molar-refractivity contribution in [2.45, 2.75) is 46.1 Å². The molecule has 2 aromatic carbocycles. The summed E-state index contributed by atoms with van der Waals surface area (Å²) < 4.78 is 5.43. The van der Waals surface area contributed by atoms with Gasteiger partial charge in [-0.3, -0.25) is 4.79 Å². The Bertz CT molecular complexity index is 1200. The highest BCUT2D eigenvalue weighted by atomic mass is 16.5. The number of carbonyl (C=O) groups is 1. The lowest BCUT2D eigenvalue weighted by atomic mass is 10.1. The van der Waals surface area contributed by atoms with Crippen LogP contribution in [0.3, 0.4) is 0 Å². The largest absolute Gasteiger partial charge is 0.334 e. The quantitative estimate of drug-likeness (QED) is 0.444. The van der Waals surface area contributed by atoms with Gasteiger partial charge in [0.05, 0.1) is 17.8 Å². The highest BCUT2D eigenvalue weighted by Crippen LogP contribution is 2.30. The van der Waals surface area contributed by atoms with Crippen LogP contribution in [0.25, 0.3) is 22.8 Å². The first kappa shape index (κ1) is 21.4. The Morgan fingerprint density at radius 3 is 2.69 bits per heavy atom. The van der Waals surface area contributed by atoms with E-state index < -0.39 is 0 Å². The first-order chi connectivity index (χ1) is 15.5. The number of para-hydroxylation sites is 1. The zero-order valence-electron chi connectivity index (χ0n) is 18.3. The summed E-state index contributed by atoms with van der Waals surface area (Å²) in [5.41, 5.74) is 3.22. The predicted octanol–water partition coefficient (Wildman–Crippen LogP) is 4.24. The molecule has 0 fully saturated rings. The molecule has 9 nitrogen and oxygen atoms in total. The van der Waals surface area contributed by atoms with Crippen molar-refractivity contribution in [3.8, 4) is 22.8 Å². The van der Waals surface area contributed by atoms with Crippen molar-refractivity contribution in [1.82, 2.24) is 30.3 Å². The van der Waals surface area contributed by atoms with E-state index in [4.69, 9.17) is 4.52 Å². The van der Waals surface area contributed by atoms with Crippen LogP contribution in [0.2, 0.25) is 0 Å². The van der Waals surface area contributed by atoms with Crippen LogP contribution in [0.15, 0.2) is 53.1 Å². The molecule has 0 atom stereocenters. The molecule has 0 radical (unpaired) electrons. The second-order valence-electron chi connectivity index (χ2n) is 7.84. The average molecular weight is 432 g/mol. The monoisotopic (exact) mass is 431 g/mol. The number of benzene rings is 2. The number of aromatic nitrogens is 6. The Morgan fingerprint density at radius 1 is 1.12 bits per heavy atom. The molecule has 0 saturated carbocycles. The molecule has 0 aliphatic heterocycles. The van der Waals surface area contributed by atoms with Crippen LogP contribution in [-0.4, -0.2) is 36.3 Å². The molecule has 164 valence electrons. The third-order valence-corrected chi connectivity index (χ3v) is 4.97. The molecule has 2 heterocycles. The molecule has 0 aliphatic rings. The van der Waals surface area contributed by atoms with Crippen LogP contribution >= 0.6 is 0 Å². The Labute approximate surface area is 185 Å². The van der Waals surface area contributed by atoms with Gasteiger partial charge in [-0.05, 0) is 30.2 Å². The summed E-state index contributed by atoms with van der Waals surface area (Å²) in [6.45, 7) is 6.43. The van der Waals surface area contributed by atoms with Gasteiger partial charge in [0.25, 0.3) is 5.89 Å². The van der Waals surface area contributed by atoms with Crippen LogP contribution in [0.5, 0.6) is 0 Å². The average Bonchev–Trinajstić information content (AvgIpc) is 3.46. The number of rotatable bonds is 8. The van der Waals surface area contributed by atoms with Crippen molar-refractivity contribution in [2.75, 3.05) is 5.32 Å². The van der Waals surface area contributed by atoms with Gasteiger partial charge in [0.15, 0.2) is 5.82 Å². The summed E-state index contributed by atoms with van der Waals surface area (Å²) in [5, 5.41) is 19.6. The summed E-state index contributed by atoms with van der Waals surface area (Å²) in [4.78, 5) is 18.6. The molecule has 1 N–H and O–H groups in total. The lowest BCUT2D eigenvalue weighted by Gasteiger charge is -2.11. The molecule has 0 unspecified atom stereocenters. The number of carbonyl (C=O) groups excluding carboxylic acids is 1. The molecule has 4 aromatic rings. The molecular formula is C23H25N7O2. The summed E-state index contributed by atoms with van der Waals surface area (Å²) >= 11 is 0. The lowest BCUT2D eigenvalue weighted by molar-refractivity contribution is -0.116. The minimum atomic E-state index is -0.104. The van der Waals surface area contributed by atoms with Crippen LogP contribution < -0.4 is 5.32 Å². The SMILES string of the molecule is Cc1cccc(-c2nc(C(C)C)no2)c1NC(=O)CCCn1nnc(-c2ccccc2)n1. The molecular weight excluding hydrogens is 406 g/mol. The van der Waals surface area contributed by atoms with E-state index >= 15 is 0 Å². The summed E-state index contributed by atoms with van der Waals surface area (Å²) in [6, 6.07) is 15.4. The van der Waals surface area contributed by atoms with Crippen LogP contribution in [0.4, 0.5) is 5.69 Å². The second-order valence-corrected chi connectivity index (χ2v) is 7.84. The molecule has 0 bridgehead atoms. The van der Waals surface area contributed by atoms with E-state index in [1.54, 1.807) is 0 Å². The van der Waals surface area contributed by atoms with Crippen molar-refractivity contribution >= 4 is 11.6 Å². The van der Waals surface area contributed by atoms with Gasteiger partial charge in [-0.1, -0.05) is 61.5 Å². The zero-order valence-corrected chi connectivity index (χ0v) is 18.3. The van der Waals surface area contributed by atoms with Crippen molar-refractivity contribution in [1.29, 1.82) is 0 Å². The minimum Gasteiger partial charge on any atom is -0.334 e. The highest BCUT2D eigenvalue weighted by molar-refractivity contribution is 5.95. The normalized spacial score (nSPS) is 11.1. The predicted molar refractivity (Wildman–Crippen MR) is 120 cm³/mol. The summed E-state index contributed by atoms with van der Waals surface area (Å²) in [5.74, 6) is 1.65. The lowest BCUT2D eigenvalue weighted by Crippen LogP contribution is -2.14. The van der Waals surface area contributed by atoms with Crippen LogP contribution in [0, 0.1) is 6.92 Å². The van der Waals surface area contributed by atoms with Crippen LogP contribution in [0.1, 0.15) is 44.0 Å². The van der Waals surface area contributed by atoms with E-state index in [0.29, 0.717) is 48.2 Å². The number of hydrogen-bond donors (Lipinski definition) is 1. The van der Waals surface area contributed by atoms with Crippen molar-refractivity contribution in [3.05, 3.63) is 59.9 Å². The van der Waals surface area contributed by atoms with Gasteiger partial charge >= 0.3 is 0 Å². The number of aryl methyl sites for hydroxylation is 2. The molecule has 1 amide bonds. The fourth-order valence-electron chi connectivity index (χ4n) is 3.21.